The number of hydrogen-bond acceptors (Lipinski definition) is 7. The predicted octanol–water partition coefficient (Wildman–Crippen LogP) is 7.28. The van der Waals surface area contributed by atoms with Crippen LogP contribution >= 0.6 is 38.6 Å². The monoisotopic (exact) mass is 602 g/mol. The van der Waals surface area contributed by atoms with E-state index in [-0.39, 0.29) is 12.3 Å². The number of halogens is 1. The highest BCUT2D eigenvalue weighted by Crippen LogP contribution is 2.26. The number of rotatable bonds is 9. The molecule has 0 spiro atoms. The fourth-order valence-corrected chi connectivity index (χ4v) is 5.41. The van der Waals surface area contributed by atoms with Crippen LogP contribution < -0.4 is 10.2 Å². The first-order valence-electron chi connectivity index (χ1n) is 11.8. The molecule has 0 atom stereocenters. The van der Waals surface area contributed by atoms with Crippen LogP contribution in [0.2, 0.25) is 0 Å². The van der Waals surface area contributed by atoms with Crippen LogP contribution in [0.4, 0.5) is 0 Å². The van der Waals surface area contributed by atoms with Crippen molar-refractivity contribution in [1.82, 2.24) is 15.4 Å². The summed E-state index contributed by atoms with van der Waals surface area (Å²) in [5, 5.41) is 9.85. The van der Waals surface area contributed by atoms with Crippen LogP contribution in [0.15, 0.2) is 93.1 Å². The smallest absolute Gasteiger partial charge is 0.246 e. The van der Waals surface area contributed by atoms with Gasteiger partial charge in [-0.1, -0.05) is 57.9 Å². The van der Waals surface area contributed by atoms with Gasteiger partial charge in [0.15, 0.2) is 0 Å². The Morgan fingerprint density at radius 1 is 0.895 bits per heavy atom. The summed E-state index contributed by atoms with van der Waals surface area (Å²) in [5.74, 6) is 0.519. The number of aryl methyl sites for hydroxylation is 1. The quantitative estimate of drug-likeness (QED) is 0.142. The van der Waals surface area contributed by atoms with Crippen LogP contribution in [0.3, 0.4) is 0 Å². The number of ether oxygens (including phenoxy) is 1. The van der Waals surface area contributed by atoms with E-state index in [1.165, 1.54) is 16.9 Å². The third-order valence-corrected chi connectivity index (χ3v) is 7.91. The lowest BCUT2D eigenvalue weighted by Gasteiger charge is -2.04. The number of aromatic nitrogens is 2. The minimum absolute atomic E-state index is 0.173. The summed E-state index contributed by atoms with van der Waals surface area (Å²) in [6.07, 6.45) is 1.78. The number of carbonyl (C=O) groups excluding carboxylic acids is 1. The van der Waals surface area contributed by atoms with Gasteiger partial charge in [0.1, 0.15) is 22.4 Å². The molecule has 6 nitrogen and oxygen atoms in total. The molecule has 0 aliphatic rings. The van der Waals surface area contributed by atoms with Crippen LogP contribution in [-0.4, -0.2) is 22.1 Å². The second kappa shape index (κ2) is 12.3. The first-order chi connectivity index (χ1) is 18.5. The van der Waals surface area contributed by atoms with Crippen molar-refractivity contribution in [3.05, 3.63) is 111 Å². The minimum Gasteiger partial charge on any atom is -0.487 e. The highest BCUT2D eigenvalue weighted by molar-refractivity contribution is 9.10. The number of hydrazone groups is 1. The molecule has 0 saturated heterocycles. The van der Waals surface area contributed by atoms with E-state index < -0.39 is 0 Å². The fourth-order valence-electron chi connectivity index (χ4n) is 3.51. The van der Waals surface area contributed by atoms with Crippen molar-refractivity contribution in [2.75, 3.05) is 0 Å². The van der Waals surface area contributed by atoms with Gasteiger partial charge in [-0.25, -0.2) is 15.4 Å². The molecular weight excluding hydrogens is 580 g/mol. The number of hydrogen-bond donors (Lipinski definition) is 1. The molecule has 5 aromatic rings. The van der Waals surface area contributed by atoms with Gasteiger partial charge in [-0.05, 0) is 48.9 Å². The van der Waals surface area contributed by atoms with Crippen molar-refractivity contribution < 1.29 is 9.53 Å². The molecule has 0 bridgehead atoms. The highest BCUT2D eigenvalue weighted by Gasteiger charge is 2.09. The Hall–Kier alpha value is -3.66. The number of thiazole rings is 2. The number of amides is 1. The zero-order valence-electron chi connectivity index (χ0n) is 20.4. The second-order valence-corrected chi connectivity index (χ2v) is 11.1. The zero-order chi connectivity index (χ0) is 26.3. The first kappa shape index (κ1) is 26.0. The molecule has 2 aromatic heterocycles. The minimum atomic E-state index is -0.215. The lowest BCUT2D eigenvalue weighted by Crippen LogP contribution is -2.19. The number of nitrogens with one attached hydrogen (secondary N) is 1. The summed E-state index contributed by atoms with van der Waals surface area (Å²) in [6.45, 7) is 2.44. The molecule has 0 aliphatic heterocycles. The SMILES string of the molecule is Cc1ccc(-c2nc(CC(=O)N/N=C\c3ccc(OCc4csc(-c5ccc(Br)cc5)n4)cc3)cs2)cc1. The van der Waals surface area contributed by atoms with Crippen molar-refractivity contribution in [1.29, 1.82) is 0 Å². The van der Waals surface area contributed by atoms with Gasteiger partial charge >= 0.3 is 0 Å². The van der Waals surface area contributed by atoms with Gasteiger partial charge in [0.05, 0.1) is 24.0 Å². The Morgan fingerprint density at radius 2 is 1.50 bits per heavy atom. The van der Waals surface area contributed by atoms with Gasteiger partial charge in [-0.3, -0.25) is 4.79 Å². The molecule has 9 heteroatoms. The highest BCUT2D eigenvalue weighted by atomic mass is 79.9. The lowest BCUT2D eigenvalue weighted by molar-refractivity contribution is -0.120. The molecule has 0 fully saturated rings. The summed E-state index contributed by atoms with van der Waals surface area (Å²) in [7, 11) is 0. The van der Waals surface area contributed by atoms with Crippen LogP contribution in [0.1, 0.15) is 22.5 Å². The number of nitrogens with zero attached hydrogens (tertiary/aromatic N) is 3. The Balaban J connectivity index is 1.08. The van der Waals surface area contributed by atoms with Crippen LogP contribution in [0.25, 0.3) is 21.1 Å². The van der Waals surface area contributed by atoms with Crippen molar-refractivity contribution in [2.45, 2.75) is 20.0 Å². The summed E-state index contributed by atoms with van der Waals surface area (Å²) < 4.78 is 6.92. The van der Waals surface area contributed by atoms with Gasteiger partial charge in [-0.2, -0.15) is 5.10 Å². The predicted molar refractivity (Wildman–Crippen MR) is 158 cm³/mol. The van der Waals surface area contributed by atoms with E-state index in [1.54, 1.807) is 17.6 Å². The molecule has 0 aliphatic carbocycles. The zero-order valence-corrected chi connectivity index (χ0v) is 23.6. The molecule has 0 radical (unpaired) electrons. The number of carbonyl (C=O) groups is 1. The third-order valence-electron chi connectivity index (χ3n) is 5.50. The van der Waals surface area contributed by atoms with E-state index in [4.69, 9.17) is 4.74 Å². The Labute approximate surface area is 237 Å². The van der Waals surface area contributed by atoms with E-state index in [9.17, 15) is 4.79 Å². The van der Waals surface area contributed by atoms with Gasteiger partial charge in [0, 0.05) is 26.4 Å². The molecule has 2 heterocycles. The Morgan fingerprint density at radius 3 is 2.18 bits per heavy atom. The largest absolute Gasteiger partial charge is 0.487 e. The van der Waals surface area contributed by atoms with Gasteiger partial charge in [-0.15, -0.1) is 22.7 Å². The van der Waals surface area contributed by atoms with Crippen LogP contribution in [0, 0.1) is 6.92 Å². The molecule has 3 aromatic carbocycles. The fraction of sp³-hybridized carbons (Fsp3) is 0.103. The van der Waals surface area contributed by atoms with Crippen molar-refractivity contribution in [3.63, 3.8) is 0 Å². The summed E-state index contributed by atoms with van der Waals surface area (Å²) in [4.78, 5) is 21.5. The molecule has 1 N–H and O–H groups in total. The third kappa shape index (κ3) is 7.00. The van der Waals surface area contributed by atoms with Crippen molar-refractivity contribution in [3.8, 4) is 26.9 Å². The second-order valence-electron chi connectivity index (χ2n) is 8.49. The molecule has 5 rings (SSSR count). The van der Waals surface area contributed by atoms with E-state index in [0.717, 1.165) is 48.3 Å². The first-order valence-corrected chi connectivity index (χ1v) is 14.3. The van der Waals surface area contributed by atoms with Crippen molar-refractivity contribution in [2.24, 2.45) is 5.10 Å². The Kier molecular flexibility index (Phi) is 8.37. The standard InChI is InChI=1S/C29H23BrN4O2S2/c1-19-2-6-21(7-3-19)28-32-24(17-37-28)14-27(35)34-31-15-20-4-12-26(13-5-20)36-16-25-18-38-29(33-25)22-8-10-23(30)11-9-22/h2-13,15,17-18H,14,16H2,1H3,(H,34,35)/b31-15-. The maximum absolute atomic E-state index is 12.3. The average Bonchev–Trinajstić information content (AvgIpc) is 3.59. The summed E-state index contributed by atoms with van der Waals surface area (Å²) >= 11 is 6.58. The molecule has 0 saturated carbocycles. The molecule has 190 valence electrons. The number of benzene rings is 3. The Bertz CT molecular complexity index is 1540. The van der Waals surface area contributed by atoms with E-state index in [1.807, 2.05) is 71.4 Å². The molecular formula is C29H23BrN4O2S2. The maximum Gasteiger partial charge on any atom is 0.246 e. The topological polar surface area (TPSA) is 76.5 Å². The van der Waals surface area contributed by atoms with Gasteiger partial charge < -0.3 is 4.74 Å². The maximum atomic E-state index is 12.3. The molecule has 1 amide bonds. The van der Waals surface area contributed by atoms with E-state index in [0.29, 0.717) is 6.61 Å². The molecule has 0 unspecified atom stereocenters. The normalized spacial score (nSPS) is 11.1. The lowest BCUT2D eigenvalue weighted by atomic mass is 10.2. The van der Waals surface area contributed by atoms with Gasteiger partial charge in [0.2, 0.25) is 5.91 Å². The summed E-state index contributed by atoms with van der Waals surface area (Å²) in [5.41, 5.74) is 8.36. The average molecular weight is 604 g/mol. The van der Waals surface area contributed by atoms with E-state index in [2.05, 4.69) is 55.5 Å². The summed E-state index contributed by atoms with van der Waals surface area (Å²) in [6, 6.07) is 23.8. The van der Waals surface area contributed by atoms with Crippen LogP contribution in [-0.2, 0) is 17.8 Å². The van der Waals surface area contributed by atoms with Crippen LogP contribution in [0.5, 0.6) is 5.75 Å². The van der Waals surface area contributed by atoms with E-state index >= 15 is 0 Å². The van der Waals surface area contributed by atoms with Gasteiger partial charge in [0.25, 0.3) is 0 Å². The van der Waals surface area contributed by atoms with Crippen molar-refractivity contribution >= 4 is 50.7 Å². The molecule has 38 heavy (non-hydrogen) atoms.